The van der Waals surface area contributed by atoms with Crippen molar-refractivity contribution in [3.8, 4) is 0 Å². The summed E-state index contributed by atoms with van der Waals surface area (Å²) in [6.07, 6.45) is 2.88. The van der Waals surface area contributed by atoms with Gasteiger partial charge in [-0.3, -0.25) is 19.7 Å². The van der Waals surface area contributed by atoms with Gasteiger partial charge in [-0.25, -0.2) is 0 Å². The summed E-state index contributed by atoms with van der Waals surface area (Å²) < 4.78 is 0. The van der Waals surface area contributed by atoms with Crippen LogP contribution in [0, 0.1) is 0 Å². The Morgan fingerprint density at radius 1 is 1.25 bits per heavy atom. The summed E-state index contributed by atoms with van der Waals surface area (Å²) in [7, 11) is 3.69. The van der Waals surface area contributed by atoms with Crippen molar-refractivity contribution in [3.63, 3.8) is 0 Å². The molecule has 7 nitrogen and oxygen atoms in total. The number of aryl methyl sites for hydroxylation is 1. The molecule has 1 N–H and O–H groups in total. The number of para-hydroxylation sites is 1. The third-order valence-electron chi connectivity index (χ3n) is 4.01. The van der Waals surface area contributed by atoms with Crippen LogP contribution >= 0.6 is 0 Å². The number of hydrogen-bond donors (Lipinski definition) is 1. The molecule has 1 aliphatic rings. The number of aldehydes is 1. The van der Waals surface area contributed by atoms with Crippen LogP contribution in [0.25, 0.3) is 0 Å². The molecule has 0 bridgehead atoms. The molecular formula is C17H21N3O4. The molecule has 1 unspecified atom stereocenters. The fraction of sp³-hybridized carbons (Fsp3) is 0.412. The Labute approximate surface area is 140 Å². The predicted molar refractivity (Wildman–Crippen MR) is 89.9 cm³/mol. The molecule has 7 heteroatoms. The van der Waals surface area contributed by atoms with E-state index in [-0.39, 0.29) is 18.7 Å². The van der Waals surface area contributed by atoms with Crippen LogP contribution < -0.4 is 15.1 Å². The molecule has 0 radical (unpaired) electrons. The molecule has 1 atom stereocenters. The number of nitrogens with zero attached hydrogens (tertiary/aromatic N) is 2. The molecule has 0 aromatic heterocycles. The number of rotatable bonds is 7. The molecule has 24 heavy (non-hydrogen) atoms. The van der Waals surface area contributed by atoms with Crippen molar-refractivity contribution in [2.24, 2.45) is 0 Å². The van der Waals surface area contributed by atoms with Crippen molar-refractivity contribution in [1.82, 2.24) is 5.32 Å². The number of piperidine rings is 1. The van der Waals surface area contributed by atoms with Gasteiger partial charge in [-0.15, -0.1) is 0 Å². The fourth-order valence-corrected chi connectivity index (χ4v) is 2.96. The topological polar surface area (TPSA) is 86.8 Å². The van der Waals surface area contributed by atoms with Gasteiger partial charge in [0.2, 0.25) is 18.2 Å². The van der Waals surface area contributed by atoms with E-state index in [0.717, 1.165) is 17.5 Å². The third kappa shape index (κ3) is 3.61. The molecule has 3 amide bonds. The maximum absolute atomic E-state index is 12.1. The van der Waals surface area contributed by atoms with Crippen LogP contribution in [0.4, 0.5) is 11.4 Å². The highest BCUT2D eigenvalue weighted by molar-refractivity contribution is 6.04. The average Bonchev–Trinajstić information content (AvgIpc) is 2.55. The Morgan fingerprint density at radius 2 is 2.00 bits per heavy atom. The smallest absolute Gasteiger partial charge is 0.249 e. The van der Waals surface area contributed by atoms with Crippen LogP contribution in [-0.2, 0) is 25.6 Å². The van der Waals surface area contributed by atoms with Crippen molar-refractivity contribution in [1.29, 1.82) is 0 Å². The molecule has 1 aromatic rings. The standard InChI is InChI=1S/C17H21N3O4/c1-19(2)16-12(6-4-10-21)5-3-7-13(16)20(11-22)14-8-9-15(23)18-17(14)24/h3,5,7,10-11,14H,4,6,8-9H2,1-2H3,(H,18,23,24). The van der Waals surface area contributed by atoms with Gasteiger partial charge >= 0.3 is 0 Å². The number of imide groups is 1. The van der Waals surface area contributed by atoms with Gasteiger partial charge in [0.15, 0.2) is 0 Å². The quantitative estimate of drug-likeness (QED) is 0.586. The first-order valence-corrected chi connectivity index (χ1v) is 7.79. The summed E-state index contributed by atoms with van der Waals surface area (Å²) in [5.74, 6) is -0.795. The summed E-state index contributed by atoms with van der Waals surface area (Å²) in [6.45, 7) is 0. The Hall–Kier alpha value is -2.70. The average molecular weight is 331 g/mol. The summed E-state index contributed by atoms with van der Waals surface area (Å²) in [5.41, 5.74) is 2.30. The molecule has 1 aromatic carbocycles. The zero-order valence-corrected chi connectivity index (χ0v) is 13.8. The molecule has 0 spiro atoms. The van der Waals surface area contributed by atoms with Crippen LogP contribution in [0.15, 0.2) is 18.2 Å². The molecule has 1 fully saturated rings. The maximum atomic E-state index is 12.1. The second-order valence-electron chi connectivity index (χ2n) is 5.86. The SMILES string of the molecule is CN(C)c1c(CCC=O)cccc1N(C=O)C1CCC(=O)NC1=O. The fourth-order valence-electron chi connectivity index (χ4n) is 2.96. The number of amides is 3. The van der Waals surface area contributed by atoms with Crippen LogP contribution in [0.3, 0.4) is 0 Å². The molecule has 1 saturated heterocycles. The molecule has 128 valence electrons. The molecule has 1 heterocycles. The monoisotopic (exact) mass is 331 g/mol. The summed E-state index contributed by atoms with van der Waals surface area (Å²) >= 11 is 0. The summed E-state index contributed by atoms with van der Waals surface area (Å²) in [6, 6.07) is 4.73. The highest BCUT2D eigenvalue weighted by Crippen LogP contribution is 2.34. The van der Waals surface area contributed by atoms with Crippen molar-refractivity contribution < 1.29 is 19.2 Å². The molecule has 0 aliphatic carbocycles. The van der Waals surface area contributed by atoms with Crippen molar-refractivity contribution in [3.05, 3.63) is 23.8 Å². The van der Waals surface area contributed by atoms with E-state index in [1.165, 1.54) is 4.90 Å². The second kappa shape index (κ2) is 7.72. The molecule has 0 saturated carbocycles. The largest absolute Gasteiger partial charge is 0.376 e. The number of carbonyl (C=O) groups is 4. The highest BCUT2D eigenvalue weighted by Gasteiger charge is 2.33. The van der Waals surface area contributed by atoms with E-state index in [9.17, 15) is 19.2 Å². The molecule has 2 rings (SSSR count). The van der Waals surface area contributed by atoms with E-state index in [1.807, 2.05) is 25.1 Å². The Balaban J connectivity index is 2.44. The number of anilines is 2. The van der Waals surface area contributed by atoms with E-state index >= 15 is 0 Å². The minimum atomic E-state index is -0.722. The van der Waals surface area contributed by atoms with E-state index in [2.05, 4.69) is 5.32 Å². The number of hydrogen-bond acceptors (Lipinski definition) is 5. The molecule has 1 aliphatic heterocycles. The van der Waals surface area contributed by atoms with Crippen LogP contribution in [0.5, 0.6) is 0 Å². The van der Waals surface area contributed by atoms with Crippen molar-refractivity contribution in [2.75, 3.05) is 23.9 Å². The van der Waals surface area contributed by atoms with Crippen molar-refractivity contribution >= 4 is 35.9 Å². The number of nitrogens with one attached hydrogen (secondary N) is 1. The second-order valence-corrected chi connectivity index (χ2v) is 5.86. The van der Waals surface area contributed by atoms with Gasteiger partial charge in [0.05, 0.1) is 11.4 Å². The van der Waals surface area contributed by atoms with Crippen LogP contribution in [-0.4, -0.2) is 44.6 Å². The number of benzene rings is 1. The Kier molecular flexibility index (Phi) is 5.68. The van der Waals surface area contributed by atoms with Gasteiger partial charge < -0.3 is 14.6 Å². The highest BCUT2D eigenvalue weighted by atomic mass is 16.2. The lowest BCUT2D eigenvalue weighted by Gasteiger charge is -2.33. The van der Waals surface area contributed by atoms with E-state index in [1.54, 1.807) is 12.1 Å². The minimum absolute atomic E-state index is 0.197. The lowest BCUT2D eigenvalue weighted by molar-refractivity contribution is -0.134. The lowest BCUT2D eigenvalue weighted by atomic mass is 10.0. The van der Waals surface area contributed by atoms with Gasteiger partial charge in [-0.1, -0.05) is 12.1 Å². The zero-order chi connectivity index (χ0) is 17.7. The third-order valence-corrected chi connectivity index (χ3v) is 4.01. The van der Waals surface area contributed by atoms with Gasteiger partial charge in [-0.05, 0) is 24.5 Å². The van der Waals surface area contributed by atoms with E-state index in [4.69, 9.17) is 0 Å². The van der Waals surface area contributed by atoms with Crippen molar-refractivity contribution in [2.45, 2.75) is 31.7 Å². The summed E-state index contributed by atoms with van der Waals surface area (Å²) in [5, 5.41) is 2.27. The minimum Gasteiger partial charge on any atom is -0.376 e. The van der Waals surface area contributed by atoms with Gasteiger partial charge in [0.25, 0.3) is 0 Å². The first kappa shape index (κ1) is 17.7. The molecular weight excluding hydrogens is 310 g/mol. The van der Waals surface area contributed by atoms with Gasteiger partial charge in [0.1, 0.15) is 12.3 Å². The maximum Gasteiger partial charge on any atom is 0.249 e. The van der Waals surface area contributed by atoms with Crippen LogP contribution in [0.2, 0.25) is 0 Å². The van der Waals surface area contributed by atoms with Gasteiger partial charge in [0, 0.05) is 26.9 Å². The first-order chi connectivity index (χ1) is 11.5. The van der Waals surface area contributed by atoms with Gasteiger partial charge in [-0.2, -0.15) is 0 Å². The van der Waals surface area contributed by atoms with Crippen LogP contribution in [0.1, 0.15) is 24.8 Å². The lowest BCUT2D eigenvalue weighted by Crippen LogP contribution is -2.52. The predicted octanol–water partition coefficient (Wildman–Crippen LogP) is 0.652. The first-order valence-electron chi connectivity index (χ1n) is 7.79. The Morgan fingerprint density at radius 3 is 2.58 bits per heavy atom. The summed E-state index contributed by atoms with van der Waals surface area (Å²) in [4.78, 5) is 49.1. The van der Waals surface area contributed by atoms with E-state index in [0.29, 0.717) is 24.9 Å². The number of carbonyl (C=O) groups excluding carboxylic acids is 4. The zero-order valence-electron chi connectivity index (χ0n) is 13.8. The normalized spacial score (nSPS) is 17.2. The van der Waals surface area contributed by atoms with E-state index < -0.39 is 11.9 Å². The Bertz CT molecular complexity index is 657.